The number of anilines is 1. The Morgan fingerprint density at radius 1 is 1.22 bits per heavy atom. The summed E-state index contributed by atoms with van der Waals surface area (Å²) < 4.78 is 32.4. The van der Waals surface area contributed by atoms with Crippen LogP contribution in [0.2, 0.25) is 0 Å². The Bertz CT molecular complexity index is 1150. The first kappa shape index (κ1) is 22.1. The Kier molecular flexibility index (Phi) is 6.63. The Labute approximate surface area is 186 Å². The topological polar surface area (TPSA) is 134 Å². The molecule has 0 amide bonds. The number of Topliss-reactive ketones (excluding diaryl/α,β-unsaturated/α-hetero) is 1. The Morgan fingerprint density at radius 3 is 2.75 bits per heavy atom. The second kappa shape index (κ2) is 9.60. The minimum Gasteiger partial charge on any atom is -0.485 e. The number of nitrogens with zero attached hydrogens (tertiary/aromatic N) is 2. The lowest BCUT2D eigenvalue weighted by Gasteiger charge is -2.18. The molecular formula is C22H24N4O5S. The average molecular weight is 457 g/mol. The molecule has 1 saturated carbocycles. The standard InChI is InChI=1S/C22H24N4O5S/c23-32(28,29)31-12-15-6-8-18(10-15)26-22-19(11-24-14-25-22)21(27)20-9-7-17(13-30-20)16-4-2-1-3-5-16/h1-5,7,9,11,14-15,18H,6,8,10,12-13H2,(H2,23,28,29)(H,24,25,26)/t15-,18+/m1/s1. The summed E-state index contributed by atoms with van der Waals surface area (Å²) in [5.41, 5.74) is 2.35. The van der Waals surface area contributed by atoms with Crippen LogP contribution in [0.1, 0.15) is 35.2 Å². The van der Waals surface area contributed by atoms with Gasteiger partial charge in [-0.25, -0.2) is 15.1 Å². The molecule has 0 unspecified atom stereocenters. The summed E-state index contributed by atoms with van der Waals surface area (Å²) >= 11 is 0. The van der Waals surface area contributed by atoms with E-state index in [1.54, 1.807) is 6.08 Å². The molecule has 9 nitrogen and oxygen atoms in total. The molecule has 2 heterocycles. The molecule has 0 spiro atoms. The molecule has 1 aliphatic carbocycles. The third-order valence-electron chi connectivity index (χ3n) is 5.49. The summed E-state index contributed by atoms with van der Waals surface area (Å²) in [4.78, 5) is 21.3. The fourth-order valence-electron chi connectivity index (χ4n) is 3.89. The highest BCUT2D eigenvalue weighted by atomic mass is 32.2. The van der Waals surface area contributed by atoms with Crippen molar-refractivity contribution in [1.82, 2.24) is 9.97 Å². The van der Waals surface area contributed by atoms with Crippen molar-refractivity contribution >= 4 is 27.5 Å². The number of hydrogen-bond acceptors (Lipinski definition) is 8. The molecule has 4 rings (SSSR count). The summed E-state index contributed by atoms with van der Waals surface area (Å²) in [6.07, 6.45) is 8.64. The fourth-order valence-corrected chi connectivity index (χ4v) is 4.27. The first-order chi connectivity index (χ1) is 15.4. The van der Waals surface area contributed by atoms with Gasteiger partial charge in [-0.2, -0.15) is 8.42 Å². The predicted octanol–water partition coefficient (Wildman–Crippen LogP) is 2.46. The molecule has 2 atom stereocenters. The monoisotopic (exact) mass is 456 g/mol. The summed E-state index contributed by atoms with van der Waals surface area (Å²) in [5.74, 6) is 0.403. The maximum atomic E-state index is 13.1. The molecule has 0 radical (unpaired) electrons. The third-order valence-corrected chi connectivity index (χ3v) is 5.96. The molecule has 3 N–H and O–H groups in total. The first-order valence-electron chi connectivity index (χ1n) is 10.3. The molecule has 2 aromatic rings. The number of ether oxygens (including phenoxy) is 1. The van der Waals surface area contributed by atoms with E-state index in [1.807, 2.05) is 36.4 Å². The van der Waals surface area contributed by atoms with Gasteiger partial charge in [-0.05, 0) is 42.4 Å². The van der Waals surface area contributed by atoms with Gasteiger partial charge in [-0.3, -0.25) is 8.98 Å². The van der Waals surface area contributed by atoms with Crippen LogP contribution in [0.15, 0.2) is 60.8 Å². The molecule has 168 valence electrons. The lowest BCUT2D eigenvalue weighted by atomic mass is 10.0. The summed E-state index contributed by atoms with van der Waals surface area (Å²) in [6, 6.07) is 9.86. The minimum atomic E-state index is -3.95. The van der Waals surface area contributed by atoms with Crippen molar-refractivity contribution in [2.75, 3.05) is 18.5 Å². The number of hydrogen-bond donors (Lipinski definition) is 2. The molecule has 0 bridgehead atoms. The van der Waals surface area contributed by atoms with Gasteiger partial charge in [0.2, 0.25) is 5.78 Å². The van der Waals surface area contributed by atoms with Gasteiger partial charge in [0.1, 0.15) is 18.8 Å². The Morgan fingerprint density at radius 2 is 2.03 bits per heavy atom. The van der Waals surface area contributed by atoms with Crippen LogP contribution in [0.5, 0.6) is 0 Å². The maximum Gasteiger partial charge on any atom is 0.333 e. The van der Waals surface area contributed by atoms with Crippen molar-refractivity contribution in [3.8, 4) is 0 Å². The van der Waals surface area contributed by atoms with Crippen LogP contribution in [0.3, 0.4) is 0 Å². The molecule has 1 aromatic carbocycles. The number of allylic oxidation sites excluding steroid dienone is 3. The number of ketones is 1. The van der Waals surface area contributed by atoms with Crippen LogP contribution in [-0.2, 0) is 19.2 Å². The van der Waals surface area contributed by atoms with E-state index >= 15 is 0 Å². The highest BCUT2D eigenvalue weighted by Crippen LogP contribution is 2.30. The number of carbonyl (C=O) groups excluding carboxylic acids is 1. The van der Waals surface area contributed by atoms with Gasteiger partial charge >= 0.3 is 10.3 Å². The number of rotatable bonds is 8. The second-order valence-corrected chi connectivity index (χ2v) is 9.01. The number of carbonyl (C=O) groups is 1. The molecule has 10 heteroatoms. The minimum absolute atomic E-state index is 0.0244. The van der Waals surface area contributed by atoms with Gasteiger partial charge in [-0.15, -0.1) is 0 Å². The maximum absolute atomic E-state index is 13.1. The Hall–Kier alpha value is -3.08. The van der Waals surface area contributed by atoms with E-state index in [-0.39, 0.29) is 30.1 Å². The highest BCUT2D eigenvalue weighted by Gasteiger charge is 2.28. The van der Waals surface area contributed by atoms with Gasteiger partial charge < -0.3 is 10.1 Å². The molecule has 32 heavy (non-hydrogen) atoms. The van der Waals surface area contributed by atoms with E-state index in [1.165, 1.54) is 12.5 Å². The second-order valence-electron chi connectivity index (χ2n) is 7.79. The number of nitrogens with one attached hydrogen (secondary N) is 1. The summed E-state index contributed by atoms with van der Waals surface area (Å²) in [6.45, 7) is 0.343. The van der Waals surface area contributed by atoms with Crippen molar-refractivity contribution in [1.29, 1.82) is 0 Å². The van der Waals surface area contributed by atoms with Crippen LogP contribution in [0.25, 0.3) is 5.57 Å². The number of aromatic nitrogens is 2. The van der Waals surface area contributed by atoms with Crippen LogP contribution in [0.4, 0.5) is 5.82 Å². The van der Waals surface area contributed by atoms with E-state index in [9.17, 15) is 13.2 Å². The third kappa shape index (κ3) is 5.58. The van der Waals surface area contributed by atoms with E-state index in [0.717, 1.165) is 24.0 Å². The van der Waals surface area contributed by atoms with Crippen LogP contribution in [0, 0.1) is 5.92 Å². The van der Waals surface area contributed by atoms with Crippen molar-refractivity contribution < 1.29 is 22.1 Å². The van der Waals surface area contributed by atoms with Gasteiger partial charge in [0.05, 0.1) is 12.2 Å². The predicted molar refractivity (Wildman–Crippen MR) is 119 cm³/mol. The van der Waals surface area contributed by atoms with Crippen LogP contribution < -0.4 is 10.5 Å². The molecule has 2 aliphatic rings. The van der Waals surface area contributed by atoms with Gasteiger partial charge in [0.15, 0.2) is 5.76 Å². The van der Waals surface area contributed by atoms with E-state index < -0.39 is 10.3 Å². The van der Waals surface area contributed by atoms with Crippen molar-refractivity contribution in [3.05, 3.63) is 71.9 Å². The van der Waals surface area contributed by atoms with E-state index in [2.05, 4.69) is 15.3 Å². The van der Waals surface area contributed by atoms with Gasteiger partial charge in [0.25, 0.3) is 0 Å². The quantitative estimate of drug-likeness (QED) is 0.579. The lowest BCUT2D eigenvalue weighted by molar-refractivity contribution is 0.0937. The van der Waals surface area contributed by atoms with Crippen molar-refractivity contribution in [2.24, 2.45) is 11.1 Å². The van der Waals surface area contributed by atoms with E-state index in [4.69, 9.17) is 14.1 Å². The zero-order chi connectivity index (χ0) is 22.6. The largest absolute Gasteiger partial charge is 0.485 e. The van der Waals surface area contributed by atoms with Crippen LogP contribution in [-0.4, -0.2) is 43.4 Å². The van der Waals surface area contributed by atoms with Crippen molar-refractivity contribution in [3.63, 3.8) is 0 Å². The lowest BCUT2D eigenvalue weighted by Crippen LogP contribution is -2.22. The molecule has 1 aliphatic heterocycles. The summed E-state index contributed by atoms with van der Waals surface area (Å²) in [5, 5.41) is 8.18. The average Bonchev–Trinajstić information content (AvgIpc) is 3.25. The van der Waals surface area contributed by atoms with Gasteiger partial charge in [-0.1, -0.05) is 36.4 Å². The molecule has 0 saturated heterocycles. The molecule has 1 aromatic heterocycles. The zero-order valence-electron chi connectivity index (χ0n) is 17.3. The first-order valence-corrected chi connectivity index (χ1v) is 11.7. The zero-order valence-corrected chi connectivity index (χ0v) is 18.1. The van der Waals surface area contributed by atoms with Crippen molar-refractivity contribution in [2.45, 2.75) is 25.3 Å². The normalized spacial score (nSPS) is 20.8. The van der Waals surface area contributed by atoms with Crippen LogP contribution >= 0.6 is 0 Å². The smallest absolute Gasteiger partial charge is 0.333 e. The molecule has 1 fully saturated rings. The van der Waals surface area contributed by atoms with Gasteiger partial charge in [0, 0.05) is 12.2 Å². The van der Waals surface area contributed by atoms with E-state index in [0.29, 0.717) is 24.4 Å². The number of benzene rings is 1. The fraction of sp³-hybridized carbons (Fsp3) is 0.318. The molecular weight excluding hydrogens is 432 g/mol. The summed E-state index contributed by atoms with van der Waals surface area (Å²) in [7, 11) is -3.95. The Balaban J connectivity index is 1.43. The SMILES string of the molecule is NS(=O)(=O)OC[C@@H]1CC[C@H](Nc2ncncc2C(=O)C2=CC=C(c3ccccc3)CO2)C1. The number of nitrogens with two attached hydrogens (primary N) is 1. The highest BCUT2D eigenvalue weighted by molar-refractivity contribution is 7.84.